The molecule has 1 aromatic rings. The highest BCUT2D eigenvalue weighted by molar-refractivity contribution is 6.08. The molecule has 0 unspecified atom stereocenters. The molecule has 1 aliphatic heterocycles. The van der Waals surface area contributed by atoms with E-state index in [0.717, 1.165) is 0 Å². The summed E-state index contributed by atoms with van der Waals surface area (Å²) in [5.41, 5.74) is 1.58. The number of carbonyl (C=O) groups is 3. The monoisotopic (exact) mass is 336 g/mol. The van der Waals surface area contributed by atoms with Crippen LogP contribution in [0.3, 0.4) is 0 Å². The van der Waals surface area contributed by atoms with Gasteiger partial charge in [0, 0.05) is 7.05 Å². The fourth-order valence-electron chi connectivity index (χ4n) is 2.29. The van der Waals surface area contributed by atoms with E-state index in [9.17, 15) is 14.4 Å². The number of hydrogen-bond donors (Lipinski definition) is 2. The zero-order chi connectivity index (χ0) is 17.9. The number of hydrazine groups is 1. The first kappa shape index (κ1) is 17.7. The Kier molecular flexibility index (Phi) is 5.05. The van der Waals surface area contributed by atoms with Crippen LogP contribution < -0.4 is 15.5 Å². The van der Waals surface area contributed by atoms with Gasteiger partial charge < -0.3 is 14.9 Å². The number of nitrogens with zero attached hydrogens (tertiary/aromatic N) is 2. The maximum Gasteiger partial charge on any atom is 0.344 e. The molecule has 2 rings (SSSR count). The maximum atomic E-state index is 12.6. The molecule has 1 heterocycles. The average molecular weight is 336 g/mol. The van der Waals surface area contributed by atoms with Crippen LogP contribution >= 0.6 is 0 Å². The van der Waals surface area contributed by atoms with E-state index in [-0.39, 0.29) is 6.54 Å². The van der Waals surface area contributed by atoms with Crippen LogP contribution in [0.25, 0.3) is 0 Å². The minimum Gasteiger partial charge on any atom is -0.497 e. The van der Waals surface area contributed by atoms with Crippen molar-refractivity contribution in [2.45, 2.75) is 12.5 Å². The Hall–Kier alpha value is -2.65. The highest BCUT2D eigenvalue weighted by Crippen LogP contribution is 2.29. The van der Waals surface area contributed by atoms with Gasteiger partial charge in [-0.1, -0.05) is 12.1 Å². The van der Waals surface area contributed by atoms with E-state index < -0.39 is 23.4 Å². The first-order valence-corrected chi connectivity index (χ1v) is 7.17. The Morgan fingerprint density at radius 3 is 2.46 bits per heavy atom. The van der Waals surface area contributed by atoms with Crippen LogP contribution in [0.15, 0.2) is 24.3 Å². The number of carbonyl (C=O) groups excluding carboxylic acids is 3. The Labute approximate surface area is 139 Å². The summed E-state index contributed by atoms with van der Waals surface area (Å²) in [5, 5.41) is 4.53. The van der Waals surface area contributed by atoms with Gasteiger partial charge in [0.25, 0.3) is 11.8 Å². The average Bonchev–Trinajstić information content (AvgIpc) is 2.79. The topological polar surface area (TPSA) is 100 Å². The zero-order valence-corrected chi connectivity index (χ0v) is 14.0. The van der Waals surface area contributed by atoms with Crippen molar-refractivity contribution in [1.82, 2.24) is 20.8 Å². The van der Waals surface area contributed by atoms with E-state index in [1.807, 2.05) is 0 Å². The van der Waals surface area contributed by atoms with Crippen molar-refractivity contribution in [2.24, 2.45) is 0 Å². The van der Waals surface area contributed by atoms with Gasteiger partial charge in [-0.05, 0) is 24.6 Å². The first-order chi connectivity index (χ1) is 11.3. The minimum absolute atomic E-state index is 0.132. The van der Waals surface area contributed by atoms with Crippen LogP contribution in [0.4, 0.5) is 4.79 Å². The SMILES string of the molecule is COc1ccc([C@@]2(C)NC(=O)N(NC(=O)CN(C)OC)C2=O)cc1. The number of hydroxylamine groups is 2. The second kappa shape index (κ2) is 6.85. The predicted octanol–water partition coefficient (Wildman–Crippen LogP) is -0.0134. The van der Waals surface area contributed by atoms with Crippen LogP contribution in [-0.2, 0) is 20.0 Å². The van der Waals surface area contributed by atoms with E-state index in [0.29, 0.717) is 16.3 Å². The molecule has 1 saturated heterocycles. The number of ether oxygens (including phenoxy) is 1. The van der Waals surface area contributed by atoms with Crippen molar-refractivity contribution in [3.63, 3.8) is 0 Å². The third kappa shape index (κ3) is 3.31. The van der Waals surface area contributed by atoms with Gasteiger partial charge in [-0.2, -0.15) is 10.1 Å². The van der Waals surface area contributed by atoms with Gasteiger partial charge in [0.15, 0.2) is 0 Å². The number of imide groups is 1. The molecule has 4 amide bonds. The molecular formula is C15H20N4O5. The van der Waals surface area contributed by atoms with Gasteiger partial charge in [0.1, 0.15) is 17.8 Å². The summed E-state index contributed by atoms with van der Waals surface area (Å²) in [6.07, 6.45) is 0. The lowest BCUT2D eigenvalue weighted by molar-refractivity contribution is -0.149. The summed E-state index contributed by atoms with van der Waals surface area (Å²) in [4.78, 5) is 41.4. The molecular weight excluding hydrogens is 316 g/mol. The number of methoxy groups -OCH3 is 1. The molecule has 2 N–H and O–H groups in total. The molecule has 1 aromatic carbocycles. The molecule has 0 aromatic heterocycles. The third-order valence-corrected chi connectivity index (χ3v) is 3.77. The second-order valence-electron chi connectivity index (χ2n) is 5.43. The minimum atomic E-state index is -1.27. The van der Waals surface area contributed by atoms with Crippen LogP contribution in [0, 0.1) is 0 Å². The normalized spacial score (nSPS) is 20.3. The molecule has 1 atom stereocenters. The molecule has 0 saturated carbocycles. The Morgan fingerprint density at radius 1 is 1.29 bits per heavy atom. The number of rotatable bonds is 6. The highest BCUT2D eigenvalue weighted by atomic mass is 16.7. The summed E-state index contributed by atoms with van der Waals surface area (Å²) in [6.45, 7) is 1.44. The Balaban J connectivity index is 2.16. The molecule has 0 bridgehead atoms. The van der Waals surface area contributed by atoms with Crippen LogP contribution in [0.2, 0.25) is 0 Å². The van der Waals surface area contributed by atoms with Crippen molar-refractivity contribution < 1.29 is 24.0 Å². The number of amides is 4. The molecule has 0 spiro atoms. The molecule has 0 aliphatic carbocycles. The third-order valence-electron chi connectivity index (χ3n) is 3.77. The standard InChI is InChI=1S/C15H20N4O5/c1-15(10-5-7-11(23-3)8-6-10)13(21)19(14(22)16-15)17-12(20)9-18(2)24-4/h5-8H,9H2,1-4H3,(H,16,22)(H,17,20)/t15-/m1/s1. The van der Waals surface area contributed by atoms with E-state index in [1.54, 1.807) is 38.2 Å². The first-order valence-electron chi connectivity index (χ1n) is 7.17. The molecule has 9 heteroatoms. The molecule has 1 aliphatic rings. The van der Waals surface area contributed by atoms with Crippen molar-refractivity contribution in [1.29, 1.82) is 0 Å². The van der Waals surface area contributed by atoms with Gasteiger partial charge in [0.05, 0.1) is 14.2 Å². The lowest BCUT2D eigenvalue weighted by atomic mass is 9.92. The van der Waals surface area contributed by atoms with Crippen molar-refractivity contribution in [3.8, 4) is 5.75 Å². The Bertz CT molecular complexity index is 648. The van der Waals surface area contributed by atoms with E-state index in [4.69, 9.17) is 9.57 Å². The van der Waals surface area contributed by atoms with Crippen molar-refractivity contribution in [3.05, 3.63) is 29.8 Å². The summed E-state index contributed by atoms with van der Waals surface area (Å²) in [5.74, 6) is -0.500. The largest absolute Gasteiger partial charge is 0.497 e. The lowest BCUT2D eigenvalue weighted by Crippen LogP contribution is -2.50. The molecule has 0 radical (unpaired) electrons. The number of urea groups is 1. The fraction of sp³-hybridized carbons (Fsp3) is 0.400. The number of benzene rings is 1. The van der Waals surface area contributed by atoms with Gasteiger partial charge >= 0.3 is 6.03 Å². The van der Waals surface area contributed by atoms with E-state index in [1.165, 1.54) is 19.3 Å². The summed E-state index contributed by atoms with van der Waals surface area (Å²) in [6, 6.07) is 6.04. The van der Waals surface area contributed by atoms with Crippen LogP contribution in [0.5, 0.6) is 5.75 Å². The molecule has 130 valence electrons. The molecule has 24 heavy (non-hydrogen) atoms. The van der Waals surface area contributed by atoms with Gasteiger partial charge in [-0.25, -0.2) is 4.79 Å². The fourth-order valence-corrected chi connectivity index (χ4v) is 2.29. The predicted molar refractivity (Wildman–Crippen MR) is 83.5 cm³/mol. The number of hydrogen-bond acceptors (Lipinski definition) is 6. The molecule has 9 nitrogen and oxygen atoms in total. The maximum absolute atomic E-state index is 12.6. The quantitative estimate of drug-likeness (QED) is 0.560. The number of nitrogens with one attached hydrogen (secondary N) is 2. The van der Waals surface area contributed by atoms with Gasteiger partial charge in [-0.3, -0.25) is 15.0 Å². The highest BCUT2D eigenvalue weighted by Gasteiger charge is 2.50. The zero-order valence-electron chi connectivity index (χ0n) is 14.0. The summed E-state index contributed by atoms with van der Waals surface area (Å²) < 4.78 is 5.08. The van der Waals surface area contributed by atoms with Crippen molar-refractivity contribution >= 4 is 17.8 Å². The van der Waals surface area contributed by atoms with E-state index in [2.05, 4.69) is 10.7 Å². The van der Waals surface area contributed by atoms with Gasteiger partial charge in [-0.15, -0.1) is 0 Å². The van der Waals surface area contributed by atoms with Crippen LogP contribution in [0.1, 0.15) is 12.5 Å². The summed E-state index contributed by atoms with van der Waals surface area (Å²) >= 11 is 0. The van der Waals surface area contributed by atoms with Gasteiger partial charge in [0.2, 0.25) is 0 Å². The summed E-state index contributed by atoms with van der Waals surface area (Å²) in [7, 11) is 4.49. The second-order valence-corrected chi connectivity index (χ2v) is 5.43. The smallest absolute Gasteiger partial charge is 0.344 e. The van der Waals surface area contributed by atoms with Crippen molar-refractivity contribution in [2.75, 3.05) is 27.8 Å². The van der Waals surface area contributed by atoms with E-state index >= 15 is 0 Å². The molecule has 1 fully saturated rings. The number of likely N-dealkylation sites (N-methyl/N-ethyl adjacent to an activating group) is 1. The van der Waals surface area contributed by atoms with Crippen LogP contribution in [-0.4, -0.2) is 55.7 Å². The lowest BCUT2D eigenvalue weighted by Gasteiger charge is -2.22. The Morgan fingerprint density at radius 2 is 1.92 bits per heavy atom.